The summed E-state index contributed by atoms with van der Waals surface area (Å²) < 4.78 is 0. The lowest BCUT2D eigenvalue weighted by Gasteiger charge is -2.10. The topological polar surface area (TPSA) is 58.2 Å². The van der Waals surface area contributed by atoms with Gasteiger partial charge in [-0.25, -0.2) is 0 Å². The number of carbonyl (C=O) groups excluding carboxylic acids is 2. The van der Waals surface area contributed by atoms with E-state index in [0.29, 0.717) is 33.4 Å². The van der Waals surface area contributed by atoms with Gasteiger partial charge in [0.05, 0.1) is 15.7 Å². The third-order valence-corrected chi connectivity index (χ3v) is 4.03. The lowest BCUT2D eigenvalue weighted by atomic mass is 10.1. The summed E-state index contributed by atoms with van der Waals surface area (Å²) in [7, 11) is 0. The van der Waals surface area contributed by atoms with Crippen LogP contribution in [0.5, 0.6) is 0 Å². The molecule has 6 heteroatoms. The molecule has 0 bridgehead atoms. The van der Waals surface area contributed by atoms with Crippen LogP contribution < -0.4 is 10.6 Å². The Morgan fingerprint density at radius 1 is 0.958 bits per heavy atom. The second-order valence-corrected chi connectivity index (χ2v) is 6.06. The number of nitrogens with one attached hydrogen (secondary N) is 2. The molecule has 0 spiro atoms. The van der Waals surface area contributed by atoms with Crippen molar-refractivity contribution in [2.45, 2.75) is 19.8 Å². The van der Waals surface area contributed by atoms with Crippen LogP contribution in [0.15, 0.2) is 42.5 Å². The van der Waals surface area contributed by atoms with Crippen LogP contribution in [0.4, 0.5) is 5.69 Å². The molecule has 2 aromatic carbocycles. The van der Waals surface area contributed by atoms with Gasteiger partial charge in [-0.3, -0.25) is 9.59 Å². The third-order valence-electron chi connectivity index (χ3n) is 3.40. The summed E-state index contributed by atoms with van der Waals surface area (Å²) in [6, 6.07) is 11.5. The van der Waals surface area contributed by atoms with Crippen molar-refractivity contribution in [3.8, 4) is 0 Å². The Morgan fingerprint density at radius 3 is 2.17 bits per heavy atom. The fraction of sp³-hybridized carbons (Fsp3) is 0.222. The predicted molar refractivity (Wildman–Crippen MR) is 98.1 cm³/mol. The molecule has 0 atom stereocenters. The molecule has 0 saturated heterocycles. The summed E-state index contributed by atoms with van der Waals surface area (Å²) in [6.07, 6.45) is 1.91. The summed E-state index contributed by atoms with van der Waals surface area (Å²) in [6.45, 7) is 2.66. The molecule has 2 rings (SSSR count). The normalized spacial score (nSPS) is 10.3. The number of amides is 2. The summed E-state index contributed by atoms with van der Waals surface area (Å²) >= 11 is 12.1. The Kier molecular flexibility index (Phi) is 6.64. The van der Waals surface area contributed by atoms with Crippen LogP contribution in [0.2, 0.25) is 10.0 Å². The van der Waals surface area contributed by atoms with E-state index in [9.17, 15) is 9.59 Å². The number of para-hydroxylation sites is 1. The van der Waals surface area contributed by atoms with Crippen LogP contribution in [0.3, 0.4) is 0 Å². The summed E-state index contributed by atoms with van der Waals surface area (Å²) in [5.74, 6) is -0.581. The highest BCUT2D eigenvalue weighted by Gasteiger charge is 2.13. The van der Waals surface area contributed by atoms with Crippen LogP contribution in [0.1, 0.15) is 40.5 Å². The second kappa shape index (κ2) is 8.71. The van der Waals surface area contributed by atoms with Crippen molar-refractivity contribution in [1.82, 2.24) is 5.32 Å². The van der Waals surface area contributed by atoms with Gasteiger partial charge in [0.2, 0.25) is 0 Å². The Labute approximate surface area is 151 Å². The molecular weight excluding hydrogens is 347 g/mol. The molecule has 0 heterocycles. The van der Waals surface area contributed by atoms with Crippen molar-refractivity contribution < 1.29 is 9.59 Å². The molecule has 0 aliphatic rings. The first-order valence-corrected chi connectivity index (χ1v) is 8.42. The van der Waals surface area contributed by atoms with E-state index < -0.39 is 0 Å². The number of unbranched alkanes of at least 4 members (excludes halogenated alkanes) is 1. The van der Waals surface area contributed by atoms with Crippen molar-refractivity contribution in [3.63, 3.8) is 0 Å². The minimum atomic E-state index is -0.381. The molecule has 0 aliphatic heterocycles. The fourth-order valence-corrected chi connectivity index (χ4v) is 2.58. The van der Waals surface area contributed by atoms with Gasteiger partial charge in [-0.15, -0.1) is 0 Å². The van der Waals surface area contributed by atoms with Gasteiger partial charge in [-0.1, -0.05) is 48.7 Å². The average molecular weight is 365 g/mol. The lowest BCUT2D eigenvalue weighted by molar-refractivity contribution is 0.0953. The Hall–Kier alpha value is -2.04. The number of benzene rings is 2. The van der Waals surface area contributed by atoms with E-state index in [1.165, 1.54) is 0 Å². The zero-order chi connectivity index (χ0) is 17.5. The van der Waals surface area contributed by atoms with Crippen LogP contribution in [-0.4, -0.2) is 18.4 Å². The highest BCUT2D eigenvalue weighted by Crippen LogP contribution is 2.30. The molecule has 0 saturated carbocycles. The lowest BCUT2D eigenvalue weighted by Crippen LogP contribution is -2.24. The molecule has 2 aromatic rings. The van der Waals surface area contributed by atoms with Crippen LogP contribution in [0.25, 0.3) is 0 Å². The highest BCUT2D eigenvalue weighted by molar-refractivity contribution is 6.40. The van der Waals surface area contributed by atoms with Crippen LogP contribution in [-0.2, 0) is 0 Å². The van der Waals surface area contributed by atoms with Crippen molar-refractivity contribution in [2.24, 2.45) is 0 Å². The van der Waals surface area contributed by atoms with E-state index in [2.05, 4.69) is 17.6 Å². The van der Waals surface area contributed by atoms with E-state index in [4.69, 9.17) is 23.2 Å². The minimum absolute atomic E-state index is 0.200. The van der Waals surface area contributed by atoms with Gasteiger partial charge in [0.25, 0.3) is 11.8 Å². The van der Waals surface area contributed by atoms with E-state index >= 15 is 0 Å². The Bertz CT molecular complexity index is 727. The quantitative estimate of drug-likeness (QED) is 0.724. The monoisotopic (exact) mass is 364 g/mol. The standard InChI is InChI=1S/C18H18Cl2N2O2/c1-2-3-10-21-17(23)12-6-4-7-13(11-12)18(24)22-16-14(19)8-5-9-15(16)20/h4-9,11H,2-3,10H2,1H3,(H,21,23)(H,22,24). The predicted octanol–water partition coefficient (Wildman–Crippen LogP) is 4.78. The van der Waals surface area contributed by atoms with E-state index in [1.54, 1.807) is 42.5 Å². The van der Waals surface area contributed by atoms with Crippen LogP contribution >= 0.6 is 23.2 Å². The van der Waals surface area contributed by atoms with Crippen molar-refractivity contribution in [2.75, 3.05) is 11.9 Å². The fourth-order valence-electron chi connectivity index (χ4n) is 2.09. The van der Waals surface area contributed by atoms with Gasteiger partial charge >= 0.3 is 0 Å². The first kappa shape index (κ1) is 18.3. The first-order chi connectivity index (χ1) is 11.5. The zero-order valence-corrected chi connectivity index (χ0v) is 14.7. The maximum absolute atomic E-state index is 12.4. The Morgan fingerprint density at radius 2 is 1.54 bits per heavy atom. The summed E-state index contributed by atoms with van der Waals surface area (Å²) in [5, 5.41) is 6.20. The number of rotatable bonds is 6. The van der Waals surface area contributed by atoms with Crippen molar-refractivity contribution in [3.05, 3.63) is 63.6 Å². The first-order valence-electron chi connectivity index (χ1n) is 7.66. The molecule has 0 radical (unpaired) electrons. The van der Waals surface area contributed by atoms with E-state index in [1.807, 2.05) is 0 Å². The molecular formula is C18H18Cl2N2O2. The van der Waals surface area contributed by atoms with Crippen molar-refractivity contribution in [1.29, 1.82) is 0 Å². The number of hydrogen-bond acceptors (Lipinski definition) is 2. The maximum atomic E-state index is 12.4. The number of halogens is 2. The maximum Gasteiger partial charge on any atom is 0.255 e. The van der Waals surface area contributed by atoms with Gasteiger partial charge in [-0.05, 0) is 36.8 Å². The third kappa shape index (κ3) is 4.73. The van der Waals surface area contributed by atoms with E-state index in [-0.39, 0.29) is 11.8 Å². The zero-order valence-electron chi connectivity index (χ0n) is 13.2. The van der Waals surface area contributed by atoms with E-state index in [0.717, 1.165) is 12.8 Å². The number of carbonyl (C=O) groups is 2. The minimum Gasteiger partial charge on any atom is -0.352 e. The molecule has 2 N–H and O–H groups in total. The van der Waals surface area contributed by atoms with Gasteiger partial charge in [0, 0.05) is 17.7 Å². The Balaban J connectivity index is 2.13. The van der Waals surface area contributed by atoms with Gasteiger partial charge in [-0.2, -0.15) is 0 Å². The van der Waals surface area contributed by atoms with Gasteiger partial charge in [0.1, 0.15) is 0 Å². The average Bonchev–Trinajstić information content (AvgIpc) is 2.58. The highest BCUT2D eigenvalue weighted by atomic mass is 35.5. The summed E-state index contributed by atoms with van der Waals surface area (Å²) in [4.78, 5) is 24.5. The molecule has 0 aliphatic carbocycles. The molecule has 0 aromatic heterocycles. The molecule has 4 nitrogen and oxygen atoms in total. The van der Waals surface area contributed by atoms with Crippen molar-refractivity contribution >= 4 is 40.7 Å². The smallest absolute Gasteiger partial charge is 0.255 e. The largest absolute Gasteiger partial charge is 0.352 e. The van der Waals surface area contributed by atoms with Crippen LogP contribution in [0, 0.1) is 0 Å². The number of hydrogen-bond donors (Lipinski definition) is 2. The van der Waals surface area contributed by atoms with Gasteiger partial charge in [0.15, 0.2) is 0 Å². The SMILES string of the molecule is CCCCNC(=O)c1cccc(C(=O)Nc2c(Cl)cccc2Cl)c1. The molecule has 126 valence electrons. The van der Waals surface area contributed by atoms with Gasteiger partial charge < -0.3 is 10.6 Å². The molecule has 0 fully saturated rings. The molecule has 0 unspecified atom stereocenters. The second-order valence-electron chi connectivity index (χ2n) is 5.24. The molecule has 24 heavy (non-hydrogen) atoms. The number of anilines is 1. The molecule has 2 amide bonds. The summed E-state index contributed by atoms with van der Waals surface area (Å²) in [5.41, 5.74) is 1.14.